The zero-order valence-electron chi connectivity index (χ0n) is 13.6. The van der Waals surface area contributed by atoms with Gasteiger partial charge in [0.1, 0.15) is 6.04 Å². The Bertz CT molecular complexity index is 856. The van der Waals surface area contributed by atoms with Gasteiger partial charge >= 0.3 is 0 Å². The van der Waals surface area contributed by atoms with Gasteiger partial charge in [-0.3, -0.25) is 14.2 Å². The van der Waals surface area contributed by atoms with Crippen LogP contribution in [0.4, 0.5) is 5.82 Å². The Balaban J connectivity index is 1.65. The number of hydrogen-bond acceptors (Lipinski definition) is 3. The zero-order chi connectivity index (χ0) is 17.8. The second-order valence-electron chi connectivity index (χ2n) is 5.58. The quantitative estimate of drug-likeness (QED) is 0.705. The Kier molecular flexibility index (Phi) is 5.40. The van der Waals surface area contributed by atoms with Crippen molar-refractivity contribution in [3.63, 3.8) is 0 Å². The van der Waals surface area contributed by atoms with Gasteiger partial charge in [-0.15, -0.1) is 0 Å². The SMILES string of the molecule is CCC(C(=O)Nc1ccn(Cc2ccc(Cl)cc2)n1)n1cc(Cl)cn1. The summed E-state index contributed by atoms with van der Waals surface area (Å²) in [7, 11) is 0. The Labute approximate surface area is 155 Å². The maximum atomic E-state index is 12.5. The Hall–Kier alpha value is -2.31. The second-order valence-corrected chi connectivity index (χ2v) is 6.45. The first-order valence-corrected chi connectivity index (χ1v) is 8.59. The molecule has 1 atom stereocenters. The molecule has 2 aromatic heterocycles. The highest BCUT2D eigenvalue weighted by Crippen LogP contribution is 2.17. The predicted molar refractivity (Wildman–Crippen MR) is 98.0 cm³/mol. The molecular weight excluding hydrogens is 361 g/mol. The fraction of sp³-hybridized carbons (Fsp3) is 0.235. The van der Waals surface area contributed by atoms with Crippen LogP contribution in [0.3, 0.4) is 0 Å². The number of carbonyl (C=O) groups is 1. The van der Waals surface area contributed by atoms with Gasteiger partial charge in [-0.1, -0.05) is 42.3 Å². The molecule has 1 unspecified atom stereocenters. The molecule has 1 amide bonds. The smallest absolute Gasteiger partial charge is 0.250 e. The summed E-state index contributed by atoms with van der Waals surface area (Å²) in [6.07, 6.45) is 5.55. The van der Waals surface area contributed by atoms with Crippen LogP contribution in [0.1, 0.15) is 24.9 Å². The van der Waals surface area contributed by atoms with Crippen LogP contribution in [0, 0.1) is 0 Å². The van der Waals surface area contributed by atoms with Crippen molar-refractivity contribution in [2.75, 3.05) is 5.32 Å². The highest BCUT2D eigenvalue weighted by atomic mass is 35.5. The molecule has 0 bridgehead atoms. The summed E-state index contributed by atoms with van der Waals surface area (Å²) in [5.74, 6) is 0.315. The van der Waals surface area contributed by atoms with Crippen molar-refractivity contribution in [3.8, 4) is 0 Å². The number of nitrogens with zero attached hydrogens (tertiary/aromatic N) is 4. The first-order valence-electron chi connectivity index (χ1n) is 7.83. The highest BCUT2D eigenvalue weighted by molar-refractivity contribution is 6.30. The summed E-state index contributed by atoms with van der Waals surface area (Å²) in [6, 6.07) is 8.88. The number of aromatic nitrogens is 4. The van der Waals surface area contributed by atoms with Gasteiger partial charge in [0.2, 0.25) is 5.91 Å². The van der Waals surface area contributed by atoms with Gasteiger partial charge in [0.25, 0.3) is 0 Å². The molecule has 0 aliphatic rings. The third-order valence-corrected chi connectivity index (χ3v) is 4.18. The van der Waals surface area contributed by atoms with E-state index in [9.17, 15) is 4.79 Å². The van der Waals surface area contributed by atoms with Crippen molar-refractivity contribution < 1.29 is 4.79 Å². The summed E-state index contributed by atoms with van der Waals surface area (Å²) in [5, 5.41) is 12.5. The van der Waals surface area contributed by atoms with Crippen molar-refractivity contribution >= 4 is 34.9 Å². The number of amides is 1. The molecule has 0 aliphatic heterocycles. The van der Waals surface area contributed by atoms with E-state index in [0.29, 0.717) is 28.8 Å². The molecule has 6 nitrogen and oxygen atoms in total. The monoisotopic (exact) mass is 377 g/mol. The Morgan fingerprint density at radius 2 is 1.96 bits per heavy atom. The van der Waals surface area contributed by atoms with Gasteiger partial charge in [0.15, 0.2) is 5.82 Å². The Morgan fingerprint density at radius 1 is 1.20 bits per heavy atom. The molecule has 1 N–H and O–H groups in total. The topological polar surface area (TPSA) is 64.7 Å². The Morgan fingerprint density at radius 3 is 2.60 bits per heavy atom. The number of hydrogen-bond donors (Lipinski definition) is 1. The van der Waals surface area contributed by atoms with Gasteiger partial charge in [-0.2, -0.15) is 10.2 Å². The fourth-order valence-corrected chi connectivity index (χ4v) is 2.75. The molecule has 25 heavy (non-hydrogen) atoms. The van der Waals surface area contributed by atoms with E-state index >= 15 is 0 Å². The van der Waals surface area contributed by atoms with Crippen LogP contribution in [0.5, 0.6) is 0 Å². The standard InChI is InChI=1S/C17H17Cl2N5O/c1-2-15(24-11-14(19)9-20-24)17(25)21-16-7-8-23(22-16)10-12-3-5-13(18)6-4-12/h3-9,11,15H,2,10H2,1H3,(H,21,22,25). The minimum absolute atomic E-state index is 0.181. The first-order chi connectivity index (χ1) is 12.0. The van der Waals surface area contributed by atoms with Gasteiger partial charge < -0.3 is 5.32 Å². The van der Waals surface area contributed by atoms with Crippen molar-refractivity contribution in [3.05, 3.63) is 64.5 Å². The van der Waals surface area contributed by atoms with Gasteiger partial charge in [0.05, 0.1) is 17.8 Å². The molecule has 8 heteroatoms. The summed E-state index contributed by atoms with van der Waals surface area (Å²) in [6.45, 7) is 2.51. The normalized spacial score (nSPS) is 12.1. The number of benzene rings is 1. The maximum absolute atomic E-state index is 12.5. The fourth-order valence-electron chi connectivity index (χ4n) is 2.48. The lowest BCUT2D eigenvalue weighted by molar-refractivity contribution is -0.119. The lowest BCUT2D eigenvalue weighted by Gasteiger charge is -2.14. The lowest BCUT2D eigenvalue weighted by atomic mass is 10.2. The molecule has 0 radical (unpaired) electrons. The van der Waals surface area contributed by atoms with Gasteiger partial charge in [-0.25, -0.2) is 0 Å². The van der Waals surface area contributed by atoms with Crippen LogP contribution < -0.4 is 5.32 Å². The maximum Gasteiger partial charge on any atom is 0.250 e. The number of carbonyl (C=O) groups excluding carboxylic acids is 1. The average Bonchev–Trinajstić information content (AvgIpc) is 3.20. The first kappa shape index (κ1) is 17.5. The molecule has 3 rings (SSSR count). The van der Waals surface area contributed by atoms with Gasteiger partial charge in [0, 0.05) is 23.5 Å². The molecule has 3 aromatic rings. The van der Waals surface area contributed by atoms with E-state index < -0.39 is 6.04 Å². The summed E-state index contributed by atoms with van der Waals surface area (Å²) >= 11 is 11.8. The van der Waals surface area contributed by atoms with E-state index in [1.54, 1.807) is 21.6 Å². The van der Waals surface area contributed by atoms with Gasteiger partial charge in [-0.05, 0) is 24.1 Å². The summed E-state index contributed by atoms with van der Waals surface area (Å²) in [5.41, 5.74) is 1.07. The molecule has 0 saturated heterocycles. The summed E-state index contributed by atoms with van der Waals surface area (Å²) in [4.78, 5) is 12.5. The molecule has 130 valence electrons. The van der Waals surface area contributed by atoms with Crippen molar-refractivity contribution in [2.45, 2.75) is 25.9 Å². The molecule has 0 aliphatic carbocycles. The minimum Gasteiger partial charge on any atom is -0.307 e. The van der Waals surface area contributed by atoms with E-state index in [-0.39, 0.29) is 5.91 Å². The third-order valence-electron chi connectivity index (χ3n) is 3.73. The molecular formula is C17H17Cl2N5O. The number of anilines is 1. The van der Waals surface area contributed by atoms with E-state index in [0.717, 1.165) is 5.56 Å². The molecule has 0 fully saturated rings. The number of rotatable bonds is 6. The lowest BCUT2D eigenvalue weighted by Crippen LogP contribution is -2.26. The van der Waals surface area contributed by atoms with Crippen molar-refractivity contribution in [1.29, 1.82) is 0 Å². The molecule has 1 aromatic carbocycles. The number of nitrogens with one attached hydrogen (secondary N) is 1. The highest BCUT2D eigenvalue weighted by Gasteiger charge is 2.20. The van der Waals surface area contributed by atoms with E-state index in [2.05, 4.69) is 15.5 Å². The van der Waals surface area contributed by atoms with E-state index in [1.807, 2.05) is 37.4 Å². The van der Waals surface area contributed by atoms with Crippen LogP contribution >= 0.6 is 23.2 Å². The van der Waals surface area contributed by atoms with E-state index in [1.165, 1.54) is 6.20 Å². The van der Waals surface area contributed by atoms with Crippen LogP contribution in [0.15, 0.2) is 48.9 Å². The van der Waals surface area contributed by atoms with Crippen molar-refractivity contribution in [2.24, 2.45) is 0 Å². The molecule has 0 saturated carbocycles. The summed E-state index contributed by atoms with van der Waals surface area (Å²) < 4.78 is 3.31. The van der Waals surface area contributed by atoms with Crippen LogP contribution in [0.25, 0.3) is 0 Å². The second kappa shape index (κ2) is 7.72. The van der Waals surface area contributed by atoms with Crippen LogP contribution in [0.2, 0.25) is 10.0 Å². The minimum atomic E-state index is -0.436. The van der Waals surface area contributed by atoms with E-state index in [4.69, 9.17) is 23.2 Å². The van der Waals surface area contributed by atoms with Crippen LogP contribution in [-0.2, 0) is 11.3 Å². The third kappa shape index (κ3) is 4.41. The average molecular weight is 378 g/mol. The predicted octanol–water partition coefficient (Wildman–Crippen LogP) is 4.02. The largest absolute Gasteiger partial charge is 0.307 e. The molecule has 2 heterocycles. The molecule has 0 spiro atoms. The van der Waals surface area contributed by atoms with Crippen molar-refractivity contribution in [1.82, 2.24) is 19.6 Å². The van der Waals surface area contributed by atoms with Crippen LogP contribution in [-0.4, -0.2) is 25.5 Å². The zero-order valence-corrected chi connectivity index (χ0v) is 15.1. The number of halogens is 2.